The number of carbonyl (C=O) groups is 1. The average Bonchev–Trinajstić information content (AvgIpc) is 3.28. The summed E-state index contributed by atoms with van der Waals surface area (Å²) in [6.45, 7) is 1.04. The molecule has 0 bridgehead atoms. The first-order chi connectivity index (χ1) is 11.7. The Morgan fingerprint density at radius 2 is 2.08 bits per heavy atom. The molecule has 2 aromatic heterocycles. The van der Waals surface area contributed by atoms with E-state index in [1.165, 1.54) is 0 Å². The molecule has 2 heterocycles. The van der Waals surface area contributed by atoms with Crippen LogP contribution < -0.4 is 4.74 Å². The Hall–Kier alpha value is -2.53. The minimum Gasteiger partial charge on any atom is -0.497 e. The van der Waals surface area contributed by atoms with Crippen LogP contribution in [0.1, 0.15) is 16.9 Å². The fraction of sp³-hybridized carbons (Fsp3) is 0.211. The Balaban J connectivity index is 1.74. The summed E-state index contributed by atoms with van der Waals surface area (Å²) < 4.78 is 10.6. The monoisotopic (exact) mass is 341 g/mol. The third kappa shape index (κ3) is 4.26. The maximum atomic E-state index is 12.8. The van der Waals surface area contributed by atoms with Crippen LogP contribution in [0.3, 0.4) is 0 Å². The number of hydrogen-bond donors (Lipinski definition) is 0. The molecule has 0 atom stereocenters. The van der Waals surface area contributed by atoms with Crippen molar-refractivity contribution in [3.05, 3.63) is 76.4 Å². The van der Waals surface area contributed by atoms with Crippen molar-refractivity contribution in [2.45, 2.75) is 19.5 Å². The van der Waals surface area contributed by atoms with Gasteiger partial charge >= 0.3 is 0 Å². The van der Waals surface area contributed by atoms with E-state index < -0.39 is 0 Å². The van der Waals surface area contributed by atoms with Crippen LogP contribution in [0.15, 0.2) is 63.9 Å². The van der Waals surface area contributed by atoms with Crippen LogP contribution >= 0.6 is 11.3 Å². The van der Waals surface area contributed by atoms with Crippen molar-refractivity contribution in [3.63, 3.8) is 0 Å². The Morgan fingerprint density at radius 3 is 2.79 bits per heavy atom. The minimum absolute atomic E-state index is 0.0610. The van der Waals surface area contributed by atoms with Gasteiger partial charge in [0.1, 0.15) is 11.5 Å². The number of rotatable bonds is 7. The number of ether oxygens (including phenoxy) is 1. The zero-order valence-corrected chi connectivity index (χ0v) is 14.3. The molecule has 0 unspecified atom stereocenters. The topological polar surface area (TPSA) is 42.7 Å². The molecule has 0 spiro atoms. The largest absolute Gasteiger partial charge is 0.497 e. The normalized spacial score (nSPS) is 10.5. The maximum absolute atomic E-state index is 12.8. The SMILES string of the molecule is COc1cccc(CC(=O)N(Cc2ccsc2)Cc2ccco2)c1. The van der Waals surface area contributed by atoms with Gasteiger partial charge in [-0.05, 0) is 52.2 Å². The molecule has 3 rings (SSSR count). The van der Waals surface area contributed by atoms with Crippen molar-refractivity contribution >= 4 is 17.2 Å². The highest BCUT2D eigenvalue weighted by atomic mass is 32.1. The summed E-state index contributed by atoms with van der Waals surface area (Å²) in [4.78, 5) is 14.6. The van der Waals surface area contributed by atoms with Crippen molar-refractivity contribution in [1.82, 2.24) is 4.90 Å². The molecule has 0 aliphatic carbocycles. The Labute approximate surface area is 145 Å². The van der Waals surface area contributed by atoms with Crippen LogP contribution in [0.4, 0.5) is 0 Å². The van der Waals surface area contributed by atoms with Crippen molar-refractivity contribution in [1.29, 1.82) is 0 Å². The molecule has 24 heavy (non-hydrogen) atoms. The van der Waals surface area contributed by atoms with Gasteiger partial charge < -0.3 is 14.1 Å². The quantitative estimate of drug-likeness (QED) is 0.649. The van der Waals surface area contributed by atoms with Gasteiger partial charge in [0.15, 0.2) is 0 Å². The van der Waals surface area contributed by atoms with E-state index in [0.717, 1.165) is 22.6 Å². The molecule has 1 amide bonds. The molecule has 3 aromatic rings. The summed E-state index contributed by atoms with van der Waals surface area (Å²) in [7, 11) is 1.63. The van der Waals surface area contributed by atoms with Crippen LogP contribution in [0, 0.1) is 0 Å². The van der Waals surface area contributed by atoms with E-state index in [1.807, 2.05) is 52.7 Å². The van der Waals surface area contributed by atoms with E-state index in [0.29, 0.717) is 19.5 Å². The van der Waals surface area contributed by atoms with Crippen molar-refractivity contribution in [2.75, 3.05) is 7.11 Å². The number of furan rings is 1. The zero-order valence-electron chi connectivity index (χ0n) is 13.5. The smallest absolute Gasteiger partial charge is 0.227 e. The predicted molar refractivity (Wildman–Crippen MR) is 94.0 cm³/mol. The zero-order chi connectivity index (χ0) is 16.8. The number of nitrogens with zero attached hydrogens (tertiary/aromatic N) is 1. The number of hydrogen-bond acceptors (Lipinski definition) is 4. The lowest BCUT2D eigenvalue weighted by Gasteiger charge is -2.21. The third-order valence-electron chi connectivity index (χ3n) is 3.72. The maximum Gasteiger partial charge on any atom is 0.227 e. The van der Waals surface area contributed by atoms with E-state index in [2.05, 4.69) is 5.38 Å². The van der Waals surface area contributed by atoms with Gasteiger partial charge in [-0.2, -0.15) is 11.3 Å². The number of amides is 1. The van der Waals surface area contributed by atoms with Crippen LogP contribution in [-0.2, 0) is 24.3 Å². The lowest BCUT2D eigenvalue weighted by molar-refractivity contribution is -0.132. The van der Waals surface area contributed by atoms with Gasteiger partial charge in [0, 0.05) is 6.54 Å². The molecule has 0 saturated carbocycles. The van der Waals surface area contributed by atoms with Gasteiger partial charge in [0.25, 0.3) is 0 Å². The van der Waals surface area contributed by atoms with E-state index in [1.54, 1.807) is 24.7 Å². The molecule has 0 aliphatic rings. The minimum atomic E-state index is 0.0610. The number of benzene rings is 1. The molecule has 124 valence electrons. The van der Waals surface area contributed by atoms with E-state index >= 15 is 0 Å². The van der Waals surface area contributed by atoms with Gasteiger partial charge in [-0.3, -0.25) is 4.79 Å². The number of methoxy groups -OCH3 is 1. The Bertz CT molecular complexity index is 730. The summed E-state index contributed by atoms with van der Waals surface area (Å²) >= 11 is 1.63. The number of thiophene rings is 1. The Morgan fingerprint density at radius 1 is 1.17 bits per heavy atom. The molecule has 4 nitrogen and oxygen atoms in total. The summed E-state index contributed by atoms with van der Waals surface area (Å²) in [5.74, 6) is 1.60. The highest BCUT2D eigenvalue weighted by molar-refractivity contribution is 7.07. The lowest BCUT2D eigenvalue weighted by atomic mass is 10.1. The second-order valence-electron chi connectivity index (χ2n) is 5.49. The van der Waals surface area contributed by atoms with E-state index in [-0.39, 0.29) is 5.91 Å². The first-order valence-corrected chi connectivity index (χ1v) is 8.63. The predicted octanol–water partition coefficient (Wildman–Crippen LogP) is 4.12. The molecule has 0 aliphatic heterocycles. The molecule has 0 N–H and O–H groups in total. The van der Waals surface area contributed by atoms with E-state index in [4.69, 9.17) is 9.15 Å². The van der Waals surface area contributed by atoms with E-state index in [9.17, 15) is 4.79 Å². The van der Waals surface area contributed by atoms with Crippen molar-refractivity contribution < 1.29 is 13.9 Å². The third-order valence-corrected chi connectivity index (χ3v) is 4.45. The van der Waals surface area contributed by atoms with Crippen molar-refractivity contribution in [3.8, 4) is 5.75 Å². The highest BCUT2D eigenvalue weighted by Gasteiger charge is 2.17. The average molecular weight is 341 g/mol. The molecule has 5 heteroatoms. The fourth-order valence-electron chi connectivity index (χ4n) is 2.49. The first kappa shape index (κ1) is 16.3. The standard InChI is InChI=1S/C19H19NO3S/c1-22-17-5-2-4-15(10-17)11-19(21)20(12-16-7-9-24-14-16)13-18-6-3-8-23-18/h2-10,14H,11-13H2,1H3. The van der Waals surface area contributed by atoms with Gasteiger partial charge in [-0.15, -0.1) is 0 Å². The molecule has 0 radical (unpaired) electrons. The van der Waals surface area contributed by atoms with Crippen LogP contribution in [0.5, 0.6) is 5.75 Å². The van der Waals surface area contributed by atoms with Crippen molar-refractivity contribution in [2.24, 2.45) is 0 Å². The van der Waals surface area contributed by atoms with Crippen LogP contribution in [0.2, 0.25) is 0 Å². The number of carbonyl (C=O) groups excluding carboxylic acids is 1. The first-order valence-electron chi connectivity index (χ1n) is 7.69. The molecule has 0 saturated heterocycles. The Kier molecular flexibility index (Phi) is 5.33. The van der Waals surface area contributed by atoms with Crippen LogP contribution in [0.25, 0.3) is 0 Å². The second-order valence-corrected chi connectivity index (χ2v) is 6.27. The van der Waals surface area contributed by atoms with Crippen LogP contribution in [-0.4, -0.2) is 17.9 Å². The highest BCUT2D eigenvalue weighted by Crippen LogP contribution is 2.17. The molecular formula is C19H19NO3S. The van der Waals surface area contributed by atoms with Gasteiger partial charge in [0.2, 0.25) is 5.91 Å². The van der Waals surface area contributed by atoms with Gasteiger partial charge in [-0.25, -0.2) is 0 Å². The fourth-order valence-corrected chi connectivity index (χ4v) is 3.15. The van der Waals surface area contributed by atoms with Gasteiger partial charge in [0.05, 0.1) is 26.3 Å². The molecule has 0 fully saturated rings. The summed E-state index contributed by atoms with van der Waals surface area (Å²) in [5.41, 5.74) is 2.07. The summed E-state index contributed by atoms with van der Waals surface area (Å²) in [5, 5.41) is 4.08. The molecule has 1 aromatic carbocycles. The lowest BCUT2D eigenvalue weighted by Crippen LogP contribution is -2.31. The summed E-state index contributed by atoms with van der Waals surface area (Å²) in [6.07, 6.45) is 1.96. The summed E-state index contributed by atoms with van der Waals surface area (Å²) in [6, 6.07) is 13.4. The second kappa shape index (κ2) is 7.84. The molecular weight excluding hydrogens is 322 g/mol. The van der Waals surface area contributed by atoms with Gasteiger partial charge in [-0.1, -0.05) is 12.1 Å².